The zero-order valence-corrected chi connectivity index (χ0v) is 28.3. The van der Waals surface area contributed by atoms with Crippen LogP contribution in [0.2, 0.25) is 0 Å². The maximum atomic E-state index is 13.6. The summed E-state index contributed by atoms with van der Waals surface area (Å²) >= 11 is 0. The van der Waals surface area contributed by atoms with Crippen LogP contribution in [0.15, 0.2) is 49.1 Å². The van der Waals surface area contributed by atoms with E-state index in [0.717, 1.165) is 22.3 Å². The molecule has 1 fully saturated rings. The van der Waals surface area contributed by atoms with Gasteiger partial charge in [-0.25, -0.2) is 0 Å². The molecule has 1 aliphatic rings. The van der Waals surface area contributed by atoms with Crippen LogP contribution in [0.3, 0.4) is 0 Å². The molecule has 2 aromatic rings. The fraction of sp³-hybridized carbons (Fsp3) is 0.568. The van der Waals surface area contributed by atoms with Crippen LogP contribution < -0.4 is 5.32 Å². The summed E-state index contributed by atoms with van der Waals surface area (Å²) in [6.45, 7) is 26.5. The van der Waals surface area contributed by atoms with Crippen molar-refractivity contribution in [2.45, 2.75) is 135 Å². The first kappa shape index (κ1) is 34.2. The Labute approximate surface area is 259 Å². The first-order valence-electron chi connectivity index (χ1n) is 15.5. The molecular formula is C37H54N2O4. The van der Waals surface area contributed by atoms with Crippen molar-refractivity contribution in [1.29, 1.82) is 0 Å². The van der Waals surface area contributed by atoms with Crippen LogP contribution >= 0.6 is 0 Å². The zero-order valence-electron chi connectivity index (χ0n) is 28.3. The standard InChI is InChI=1S/C37H54N2O4/c1-13-32(43)39-35(8,9)22-26(23-36(39,10)11)38-31(42)18-19-37(12,24-14-16-29(40)27(20-24)33(2,3)4)25-15-17-30(41)28(21-25)34(5,6)7/h13-17,20-21,26,40-41H,1,18-19,22-23H2,2-12H3,(H,38,42). The number of piperidine rings is 1. The quantitative estimate of drug-likeness (QED) is 0.289. The molecule has 0 aromatic heterocycles. The lowest BCUT2D eigenvalue weighted by Gasteiger charge is -2.55. The minimum atomic E-state index is -0.572. The topological polar surface area (TPSA) is 89.9 Å². The second-order valence-corrected chi connectivity index (χ2v) is 16.0. The summed E-state index contributed by atoms with van der Waals surface area (Å²) in [5, 5.41) is 24.7. The lowest BCUT2D eigenvalue weighted by Crippen LogP contribution is -2.65. The van der Waals surface area contributed by atoms with E-state index in [4.69, 9.17) is 0 Å². The number of carbonyl (C=O) groups is 2. The highest BCUT2D eigenvalue weighted by Crippen LogP contribution is 2.44. The molecule has 6 heteroatoms. The Morgan fingerprint density at radius 3 is 1.65 bits per heavy atom. The highest BCUT2D eigenvalue weighted by Gasteiger charge is 2.47. The molecule has 0 aliphatic carbocycles. The highest BCUT2D eigenvalue weighted by molar-refractivity contribution is 5.88. The number of likely N-dealkylation sites (tertiary alicyclic amines) is 1. The number of aromatic hydroxyl groups is 2. The number of amides is 2. The predicted molar refractivity (Wildman–Crippen MR) is 176 cm³/mol. The molecule has 2 amide bonds. The van der Waals surface area contributed by atoms with Crippen LogP contribution in [0, 0.1) is 0 Å². The van der Waals surface area contributed by atoms with Gasteiger partial charge >= 0.3 is 0 Å². The number of phenolic OH excluding ortho intramolecular Hbond substituents is 2. The van der Waals surface area contributed by atoms with Gasteiger partial charge in [0.1, 0.15) is 11.5 Å². The number of carbonyl (C=O) groups excluding carboxylic acids is 2. The lowest BCUT2D eigenvalue weighted by atomic mass is 9.70. The first-order chi connectivity index (χ1) is 19.5. The molecule has 1 aliphatic heterocycles. The number of benzene rings is 2. The molecule has 236 valence electrons. The predicted octanol–water partition coefficient (Wildman–Crippen LogP) is 7.63. The Kier molecular flexibility index (Phi) is 9.28. The Morgan fingerprint density at radius 2 is 1.28 bits per heavy atom. The molecule has 3 N–H and O–H groups in total. The van der Waals surface area contributed by atoms with Gasteiger partial charge < -0.3 is 20.4 Å². The molecule has 0 unspecified atom stereocenters. The van der Waals surface area contributed by atoms with Crippen molar-refractivity contribution in [2.24, 2.45) is 0 Å². The van der Waals surface area contributed by atoms with Gasteiger partial charge in [-0.15, -0.1) is 0 Å². The monoisotopic (exact) mass is 590 g/mol. The average molecular weight is 591 g/mol. The molecule has 3 rings (SSSR count). The van der Waals surface area contributed by atoms with Crippen LogP contribution in [-0.2, 0) is 25.8 Å². The van der Waals surface area contributed by atoms with Gasteiger partial charge in [-0.1, -0.05) is 79.3 Å². The molecule has 43 heavy (non-hydrogen) atoms. The number of phenols is 2. The summed E-state index contributed by atoms with van der Waals surface area (Å²) < 4.78 is 0. The molecule has 0 spiro atoms. The smallest absolute Gasteiger partial charge is 0.246 e. The number of nitrogens with one attached hydrogen (secondary N) is 1. The van der Waals surface area contributed by atoms with E-state index in [2.05, 4.69) is 72.5 Å². The SMILES string of the molecule is C=CC(=O)N1C(C)(C)CC(NC(=O)CCC(C)(c2ccc(O)c(C(C)(C)C)c2)c2ccc(O)c(C(C)(C)C)c2)CC1(C)C. The van der Waals surface area contributed by atoms with E-state index < -0.39 is 16.5 Å². The van der Waals surface area contributed by atoms with Crippen LogP contribution in [0.1, 0.15) is 124 Å². The van der Waals surface area contributed by atoms with Gasteiger partial charge in [-0.2, -0.15) is 0 Å². The van der Waals surface area contributed by atoms with Gasteiger partial charge in [-0.05, 0) is 98.2 Å². The number of rotatable bonds is 7. The minimum Gasteiger partial charge on any atom is -0.508 e. The van der Waals surface area contributed by atoms with Crippen LogP contribution in [0.25, 0.3) is 0 Å². The van der Waals surface area contributed by atoms with Crippen molar-refractivity contribution in [1.82, 2.24) is 10.2 Å². The Hall–Kier alpha value is -3.28. The van der Waals surface area contributed by atoms with Gasteiger partial charge in [0.25, 0.3) is 0 Å². The minimum absolute atomic E-state index is 0.0315. The normalized spacial score (nSPS) is 17.4. The second kappa shape index (κ2) is 11.7. The molecule has 6 nitrogen and oxygen atoms in total. The number of hydrogen-bond acceptors (Lipinski definition) is 4. The van der Waals surface area contributed by atoms with Crippen molar-refractivity contribution < 1.29 is 19.8 Å². The van der Waals surface area contributed by atoms with Crippen molar-refractivity contribution in [3.8, 4) is 11.5 Å². The van der Waals surface area contributed by atoms with Gasteiger partial charge in [0.05, 0.1) is 0 Å². The number of nitrogens with zero attached hydrogens (tertiary/aromatic N) is 1. The summed E-state index contributed by atoms with van der Waals surface area (Å²) in [5.74, 6) is 0.381. The third-order valence-electron chi connectivity index (χ3n) is 9.20. The summed E-state index contributed by atoms with van der Waals surface area (Å²) in [4.78, 5) is 28.2. The molecule has 2 aromatic carbocycles. The average Bonchev–Trinajstić information content (AvgIpc) is 2.84. The van der Waals surface area contributed by atoms with Gasteiger partial charge in [0.15, 0.2) is 0 Å². The third-order valence-corrected chi connectivity index (χ3v) is 9.20. The van der Waals surface area contributed by atoms with Crippen molar-refractivity contribution in [3.63, 3.8) is 0 Å². The van der Waals surface area contributed by atoms with Crippen LogP contribution in [0.5, 0.6) is 11.5 Å². The fourth-order valence-electron chi connectivity index (χ4n) is 7.15. The third kappa shape index (κ3) is 7.27. The molecule has 0 atom stereocenters. The maximum Gasteiger partial charge on any atom is 0.246 e. The zero-order chi connectivity index (χ0) is 32.8. The Balaban J connectivity index is 1.96. The second-order valence-electron chi connectivity index (χ2n) is 16.0. The van der Waals surface area contributed by atoms with E-state index in [0.29, 0.717) is 25.7 Å². The molecule has 0 saturated carbocycles. The van der Waals surface area contributed by atoms with E-state index in [1.165, 1.54) is 6.08 Å². The summed E-state index contributed by atoms with van der Waals surface area (Å²) in [6, 6.07) is 11.5. The van der Waals surface area contributed by atoms with Crippen molar-refractivity contribution in [3.05, 3.63) is 71.3 Å². The Bertz CT molecular complexity index is 1290. The van der Waals surface area contributed by atoms with Gasteiger partial charge in [0, 0.05) is 29.0 Å². The van der Waals surface area contributed by atoms with Gasteiger partial charge in [0.2, 0.25) is 11.8 Å². The van der Waals surface area contributed by atoms with E-state index in [1.807, 2.05) is 44.7 Å². The van der Waals surface area contributed by atoms with Gasteiger partial charge in [-0.3, -0.25) is 9.59 Å². The van der Waals surface area contributed by atoms with Crippen LogP contribution in [0.4, 0.5) is 0 Å². The largest absolute Gasteiger partial charge is 0.508 e. The number of hydrogen-bond donors (Lipinski definition) is 3. The summed E-state index contributed by atoms with van der Waals surface area (Å²) in [6.07, 6.45) is 3.49. The molecule has 1 saturated heterocycles. The molecule has 1 heterocycles. The summed E-state index contributed by atoms with van der Waals surface area (Å²) in [7, 11) is 0. The van der Waals surface area contributed by atoms with E-state index in [-0.39, 0.29) is 40.2 Å². The molecule has 0 bridgehead atoms. The van der Waals surface area contributed by atoms with Crippen LogP contribution in [-0.4, -0.2) is 44.0 Å². The van der Waals surface area contributed by atoms with E-state index in [1.54, 1.807) is 12.1 Å². The summed E-state index contributed by atoms with van der Waals surface area (Å²) in [5.41, 5.74) is 1.71. The first-order valence-corrected chi connectivity index (χ1v) is 15.5. The molecular weight excluding hydrogens is 536 g/mol. The molecule has 0 radical (unpaired) electrons. The maximum absolute atomic E-state index is 13.6. The van der Waals surface area contributed by atoms with E-state index in [9.17, 15) is 19.8 Å². The Morgan fingerprint density at radius 1 is 0.860 bits per heavy atom. The van der Waals surface area contributed by atoms with Crippen molar-refractivity contribution in [2.75, 3.05) is 0 Å². The highest BCUT2D eigenvalue weighted by atomic mass is 16.3. The van der Waals surface area contributed by atoms with E-state index >= 15 is 0 Å². The van der Waals surface area contributed by atoms with Crippen molar-refractivity contribution >= 4 is 11.8 Å². The lowest BCUT2D eigenvalue weighted by molar-refractivity contribution is -0.145. The fourth-order valence-corrected chi connectivity index (χ4v) is 7.15.